The molecule has 3 N–H and O–H groups in total. The minimum Gasteiger partial charge on any atom is -0.534 e. The van der Waals surface area contributed by atoms with Gasteiger partial charge in [-0.2, -0.15) is 0 Å². The number of benzene rings is 1. The van der Waals surface area contributed by atoms with Crippen LogP contribution in [-0.4, -0.2) is 64.7 Å². The maximum absolute atomic E-state index is 12.9. The van der Waals surface area contributed by atoms with E-state index >= 15 is 0 Å². The van der Waals surface area contributed by atoms with Crippen LogP contribution in [-0.2, 0) is 11.2 Å². The number of nitrogens with one attached hydrogen (secondary N) is 1. The van der Waals surface area contributed by atoms with Gasteiger partial charge in [-0.15, -0.1) is 11.3 Å². The molecule has 28 heavy (non-hydrogen) atoms. The molecule has 0 aliphatic carbocycles. The topological polar surface area (TPSA) is 124 Å². The molecule has 9 nitrogen and oxygen atoms in total. The molecule has 1 aliphatic rings. The Morgan fingerprint density at radius 1 is 1.46 bits per heavy atom. The predicted octanol–water partition coefficient (Wildman–Crippen LogP) is 1.05. The van der Waals surface area contributed by atoms with Gasteiger partial charge in [-0.1, -0.05) is 17.3 Å². The van der Waals surface area contributed by atoms with E-state index in [0.29, 0.717) is 22.0 Å². The summed E-state index contributed by atoms with van der Waals surface area (Å²) in [5, 5.41) is 27.9. The van der Waals surface area contributed by atoms with Crippen molar-refractivity contribution in [2.45, 2.75) is 19.3 Å². The van der Waals surface area contributed by atoms with Gasteiger partial charge in [0.25, 0.3) is 5.91 Å². The van der Waals surface area contributed by atoms with Crippen LogP contribution in [0.25, 0.3) is 0 Å². The van der Waals surface area contributed by atoms with E-state index in [1.807, 2.05) is 0 Å². The lowest BCUT2D eigenvalue weighted by atomic mass is 9.71. The number of anilines is 1. The highest BCUT2D eigenvalue weighted by Crippen LogP contribution is 2.32. The average Bonchev–Trinajstić information content (AvgIpc) is 3.15. The molecule has 146 valence electrons. The Morgan fingerprint density at radius 2 is 2.21 bits per heavy atom. The van der Waals surface area contributed by atoms with E-state index in [1.54, 1.807) is 30.6 Å². The fourth-order valence-electron chi connectivity index (χ4n) is 3.03. The van der Waals surface area contributed by atoms with Crippen molar-refractivity contribution in [3.05, 3.63) is 40.4 Å². The van der Waals surface area contributed by atoms with Gasteiger partial charge < -0.3 is 25.1 Å². The number of para-hydroxylation sites is 1. The summed E-state index contributed by atoms with van der Waals surface area (Å²) in [5.41, 5.74) is 1.06. The van der Waals surface area contributed by atoms with Crippen molar-refractivity contribution in [1.82, 2.24) is 9.88 Å². The lowest BCUT2D eigenvalue weighted by molar-refractivity contribution is -0.124. The molecule has 0 saturated heterocycles. The average molecular weight is 402 g/mol. The number of amides is 1. The molecular formula is C17H19BN4O5S. The summed E-state index contributed by atoms with van der Waals surface area (Å²) in [5.74, 6) is -1.20. The SMILES string of the molecule is CNc1nc(/C(=N/O)C(=O)N(C)[C@H]2Cc3cccc(C(C)=O)c3OB2O)cs1. The molecule has 0 radical (unpaired) electrons. The monoisotopic (exact) mass is 402 g/mol. The van der Waals surface area contributed by atoms with Gasteiger partial charge in [0.05, 0.1) is 11.5 Å². The van der Waals surface area contributed by atoms with Gasteiger partial charge in [-0.05, 0) is 25.0 Å². The van der Waals surface area contributed by atoms with Crippen molar-refractivity contribution < 1.29 is 24.5 Å². The van der Waals surface area contributed by atoms with Crippen LogP contribution in [0, 0.1) is 0 Å². The number of carbonyl (C=O) groups excluding carboxylic acids is 2. The van der Waals surface area contributed by atoms with E-state index in [4.69, 9.17) is 4.65 Å². The van der Waals surface area contributed by atoms with Gasteiger partial charge in [0.15, 0.2) is 16.6 Å². The third-order valence-corrected chi connectivity index (χ3v) is 5.41. The number of rotatable bonds is 5. The van der Waals surface area contributed by atoms with Crippen molar-refractivity contribution in [1.29, 1.82) is 0 Å². The van der Waals surface area contributed by atoms with E-state index in [1.165, 1.54) is 30.2 Å². The summed E-state index contributed by atoms with van der Waals surface area (Å²) in [7, 11) is 1.83. The molecule has 1 aromatic carbocycles. The van der Waals surface area contributed by atoms with Gasteiger partial charge >= 0.3 is 7.12 Å². The maximum atomic E-state index is 12.9. The number of aromatic nitrogens is 1. The minimum atomic E-state index is -1.34. The molecule has 3 rings (SSSR count). The zero-order valence-corrected chi connectivity index (χ0v) is 16.4. The predicted molar refractivity (Wildman–Crippen MR) is 105 cm³/mol. The number of hydrogen-bond donors (Lipinski definition) is 3. The summed E-state index contributed by atoms with van der Waals surface area (Å²) in [4.78, 5) is 30.1. The highest BCUT2D eigenvalue weighted by atomic mass is 32.1. The summed E-state index contributed by atoms with van der Waals surface area (Å²) < 4.78 is 5.56. The van der Waals surface area contributed by atoms with Crippen molar-refractivity contribution in [2.24, 2.45) is 5.16 Å². The second kappa shape index (κ2) is 7.99. The largest absolute Gasteiger partial charge is 0.547 e. The van der Waals surface area contributed by atoms with E-state index in [9.17, 15) is 19.8 Å². The number of hydrogen-bond acceptors (Lipinski definition) is 9. The number of ketones is 1. The number of likely N-dealkylation sites (N-methyl/N-ethyl adjacent to an activating group) is 1. The number of Topliss-reactive ketones (excluding diaryl/α,β-unsaturated/α-hetero) is 1. The lowest BCUT2D eigenvalue weighted by Crippen LogP contribution is -2.55. The Balaban J connectivity index is 1.86. The Bertz CT molecular complexity index is 947. The number of carbonyl (C=O) groups is 2. The molecule has 1 aromatic heterocycles. The molecule has 1 aliphatic heterocycles. The van der Waals surface area contributed by atoms with Gasteiger partial charge in [0, 0.05) is 19.5 Å². The highest BCUT2D eigenvalue weighted by molar-refractivity contribution is 7.14. The first-order valence-electron chi connectivity index (χ1n) is 8.47. The third-order valence-electron chi connectivity index (χ3n) is 4.55. The maximum Gasteiger partial charge on any atom is 0.547 e. The van der Waals surface area contributed by atoms with Crippen LogP contribution >= 0.6 is 11.3 Å². The Morgan fingerprint density at radius 3 is 2.82 bits per heavy atom. The molecule has 2 heterocycles. The number of fused-ring (bicyclic) bond motifs is 1. The molecule has 0 spiro atoms. The van der Waals surface area contributed by atoms with Crippen LogP contribution in [0.15, 0.2) is 28.7 Å². The Hall–Kier alpha value is -2.92. The number of oxime groups is 1. The molecule has 0 bridgehead atoms. The van der Waals surface area contributed by atoms with Crippen molar-refractivity contribution in [3.8, 4) is 5.75 Å². The van der Waals surface area contributed by atoms with Crippen molar-refractivity contribution >= 4 is 41.0 Å². The van der Waals surface area contributed by atoms with E-state index in [2.05, 4.69) is 15.5 Å². The first-order chi connectivity index (χ1) is 13.4. The van der Waals surface area contributed by atoms with Crippen LogP contribution in [0.4, 0.5) is 5.13 Å². The van der Waals surface area contributed by atoms with Crippen LogP contribution in [0.2, 0.25) is 0 Å². The van der Waals surface area contributed by atoms with Gasteiger partial charge in [-0.3, -0.25) is 9.59 Å². The Kier molecular flexibility index (Phi) is 5.66. The van der Waals surface area contributed by atoms with Gasteiger partial charge in [0.2, 0.25) is 0 Å². The van der Waals surface area contributed by atoms with Crippen LogP contribution in [0.1, 0.15) is 28.5 Å². The van der Waals surface area contributed by atoms with Crippen LogP contribution < -0.4 is 9.97 Å². The van der Waals surface area contributed by atoms with Crippen molar-refractivity contribution in [2.75, 3.05) is 19.4 Å². The first kappa shape index (κ1) is 19.8. The van der Waals surface area contributed by atoms with Gasteiger partial charge in [-0.25, -0.2) is 4.98 Å². The molecule has 2 aromatic rings. The zero-order valence-electron chi connectivity index (χ0n) is 15.5. The highest BCUT2D eigenvalue weighted by Gasteiger charge is 2.41. The zero-order chi connectivity index (χ0) is 20.4. The summed E-state index contributed by atoms with van der Waals surface area (Å²) >= 11 is 1.26. The molecule has 1 amide bonds. The summed E-state index contributed by atoms with van der Waals surface area (Å²) in [6.07, 6.45) is 0.275. The second-order valence-corrected chi connectivity index (χ2v) is 7.14. The fourth-order valence-corrected chi connectivity index (χ4v) is 3.69. The van der Waals surface area contributed by atoms with E-state index in [0.717, 1.165) is 0 Å². The molecule has 1 atom stereocenters. The third kappa shape index (κ3) is 3.58. The van der Waals surface area contributed by atoms with Crippen LogP contribution in [0.5, 0.6) is 5.75 Å². The minimum absolute atomic E-state index is 0.175. The lowest BCUT2D eigenvalue weighted by Gasteiger charge is -2.34. The Labute approximate surface area is 165 Å². The fraction of sp³-hybridized carbons (Fsp3) is 0.294. The number of nitrogens with zero attached hydrogens (tertiary/aromatic N) is 3. The van der Waals surface area contributed by atoms with E-state index in [-0.39, 0.29) is 23.6 Å². The van der Waals surface area contributed by atoms with E-state index < -0.39 is 19.0 Å². The molecule has 0 saturated carbocycles. The summed E-state index contributed by atoms with van der Waals surface area (Å²) in [6, 6.07) is 5.13. The van der Waals surface area contributed by atoms with Gasteiger partial charge in [0.1, 0.15) is 11.4 Å². The molecule has 0 fully saturated rings. The standard InChI is InChI=1S/C17H19BN4O5S/c1-9(23)11-6-4-5-10-7-13(18(25)27-15(10)11)22(3)16(24)14(21-26)12-8-28-17(19-2)20-12/h4-6,8,13,25-26H,7H2,1-3H3,(H,19,20)/b21-14-/t13-/m0/s1. The second-order valence-electron chi connectivity index (χ2n) is 6.28. The quantitative estimate of drug-likeness (QED) is 0.225. The number of thiazole rings is 1. The molecule has 0 unspecified atom stereocenters. The smallest absolute Gasteiger partial charge is 0.534 e. The summed E-state index contributed by atoms with van der Waals surface area (Å²) in [6.45, 7) is 1.42. The first-order valence-corrected chi connectivity index (χ1v) is 9.35. The van der Waals surface area contributed by atoms with Crippen LogP contribution in [0.3, 0.4) is 0 Å². The van der Waals surface area contributed by atoms with Crippen molar-refractivity contribution in [3.63, 3.8) is 0 Å². The molecular weight excluding hydrogens is 383 g/mol. The molecule has 11 heteroatoms. The normalized spacial score (nSPS) is 16.2.